The van der Waals surface area contributed by atoms with Crippen LogP contribution in [0.3, 0.4) is 0 Å². The number of esters is 1. The van der Waals surface area contributed by atoms with Gasteiger partial charge in [-0.15, -0.1) is 11.3 Å². The number of halogens is 1. The molecule has 0 radical (unpaired) electrons. The second kappa shape index (κ2) is 8.85. The summed E-state index contributed by atoms with van der Waals surface area (Å²) in [6, 6.07) is 12.8. The maximum atomic E-state index is 13.4. The zero-order valence-corrected chi connectivity index (χ0v) is 17.9. The summed E-state index contributed by atoms with van der Waals surface area (Å²) in [4.78, 5) is 32.3. The van der Waals surface area contributed by atoms with Gasteiger partial charge in [0.1, 0.15) is 34.1 Å². The SMILES string of the molecule is COC(=O)C1Cc2ccccc2CN1C(=O)c1sc(COc2ccc(F)cc2)nc1C. The van der Waals surface area contributed by atoms with Crippen molar-refractivity contribution in [3.63, 3.8) is 0 Å². The Bertz CT molecular complexity index is 1110. The van der Waals surface area contributed by atoms with E-state index in [9.17, 15) is 14.0 Å². The van der Waals surface area contributed by atoms with E-state index in [4.69, 9.17) is 9.47 Å². The summed E-state index contributed by atoms with van der Waals surface area (Å²) in [7, 11) is 1.33. The van der Waals surface area contributed by atoms with E-state index < -0.39 is 12.0 Å². The molecule has 6 nitrogen and oxygen atoms in total. The molecule has 0 N–H and O–H groups in total. The number of benzene rings is 2. The van der Waals surface area contributed by atoms with Gasteiger partial charge in [-0.25, -0.2) is 14.2 Å². The quantitative estimate of drug-likeness (QED) is 0.563. The Balaban J connectivity index is 1.55. The minimum atomic E-state index is -0.687. The van der Waals surface area contributed by atoms with Crippen LogP contribution in [0.15, 0.2) is 48.5 Å². The molecule has 0 spiro atoms. The smallest absolute Gasteiger partial charge is 0.328 e. The Kier molecular flexibility index (Phi) is 5.99. The molecule has 4 rings (SSSR count). The maximum absolute atomic E-state index is 13.4. The number of nitrogens with zero attached hydrogens (tertiary/aromatic N) is 2. The molecule has 2 heterocycles. The first-order valence-corrected chi connectivity index (χ1v) is 10.6. The lowest BCUT2D eigenvalue weighted by atomic mass is 9.93. The van der Waals surface area contributed by atoms with E-state index in [0.717, 1.165) is 11.1 Å². The van der Waals surface area contributed by atoms with Crippen molar-refractivity contribution in [1.29, 1.82) is 0 Å². The van der Waals surface area contributed by atoms with Crippen LogP contribution in [-0.2, 0) is 29.1 Å². The molecule has 0 saturated carbocycles. The molecule has 1 aliphatic heterocycles. The Morgan fingerprint density at radius 2 is 1.87 bits per heavy atom. The van der Waals surface area contributed by atoms with Crippen molar-refractivity contribution >= 4 is 23.2 Å². The molecular weight excluding hydrogens is 419 g/mol. The van der Waals surface area contributed by atoms with E-state index >= 15 is 0 Å². The van der Waals surface area contributed by atoms with Crippen LogP contribution in [0.25, 0.3) is 0 Å². The van der Waals surface area contributed by atoms with Crippen molar-refractivity contribution in [3.8, 4) is 5.75 Å². The largest absolute Gasteiger partial charge is 0.486 e. The monoisotopic (exact) mass is 440 g/mol. The summed E-state index contributed by atoms with van der Waals surface area (Å²) in [5.41, 5.74) is 2.63. The molecule has 0 bridgehead atoms. The maximum Gasteiger partial charge on any atom is 0.328 e. The third kappa shape index (κ3) is 4.44. The van der Waals surface area contributed by atoms with Gasteiger partial charge in [0.15, 0.2) is 0 Å². The molecule has 1 aliphatic rings. The number of thiazole rings is 1. The molecule has 1 aromatic heterocycles. The Morgan fingerprint density at radius 1 is 1.16 bits per heavy atom. The van der Waals surface area contributed by atoms with E-state index in [-0.39, 0.29) is 18.3 Å². The molecule has 1 atom stereocenters. The van der Waals surface area contributed by atoms with Crippen LogP contribution in [0.5, 0.6) is 5.75 Å². The summed E-state index contributed by atoms with van der Waals surface area (Å²) in [5.74, 6) is -0.521. The number of carbonyl (C=O) groups is 2. The number of amides is 1. The highest BCUT2D eigenvalue weighted by Crippen LogP contribution is 2.29. The molecule has 0 fully saturated rings. The number of aryl methyl sites for hydroxylation is 1. The summed E-state index contributed by atoms with van der Waals surface area (Å²) in [6.07, 6.45) is 0.410. The van der Waals surface area contributed by atoms with E-state index in [2.05, 4.69) is 4.98 Å². The van der Waals surface area contributed by atoms with Gasteiger partial charge in [-0.1, -0.05) is 24.3 Å². The minimum Gasteiger partial charge on any atom is -0.486 e. The fourth-order valence-corrected chi connectivity index (χ4v) is 4.54. The highest BCUT2D eigenvalue weighted by Gasteiger charge is 2.37. The summed E-state index contributed by atoms with van der Waals surface area (Å²) >= 11 is 1.23. The second-order valence-corrected chi connectivity index (χ2v) is 8.29. The van der Waals surface area contributed by atoms with Crippen LogP contribution in [0.2, 0.25) is 0 Å². The lowest BCUT2D eigenvalue weighted by Crippen LogP contribution is -2.49. The number of aromatic nitrogens is 1. The predicted octanol–water partition coefficient (Wildman–Crippen LogP) is 3.91. The molecule has 31 heavy (non-hydrogen) atoms. The fourth-order valence-electron chi connectivity index (χ4n) is 3.60. The third-order valence-corrected chi connectivity index (χ3v) is 6.31. The molecule has 1 unspecified atom stereocenters. The van der Waals surface area contributed by atoms with Gasteiger partial charge in [0.05, 0.1) is 12.8 Å². The Morgan fingerprint density at radius 3 is 2.58 bits per heavy atom. The number of fused-ring (bicyclic) bond motifs is 1. The van der Waals surface area contributed by atoms with E-state index in [0.29, 0.717) is 34.3 Å². The molecule has 2 aromatic carbocycles. The first-order valence-electron chi connectivity index (χ1n) is 9.76. The number of methoxy groups -OCH3 is 1. The first kappa shape index (κ1) is 21.0. The van der Waals surface area contributed by atoms with Crippen LogP contribution in [-0.4, -0.2) is 34.9 Å². The van der Waals surface area contributed by atoms with Gasteiger partial charge in [-0.3, -0.25) is 4.79 Å². The average molecular weight is 440 g/mol. The number of hydrogen-bond donors (Lipinski definition) is 0. The standard InChI is InChI=1S/C23H21FN2O4S/c1-14-21(31-20(25-14)13-30-18-9-7-17(24)8-10-18)22(27)26-12-16-6-4-3-5-15(16)11-19(26)23(28)29-2/h3-10,19H,11-13H2,1-2H3. The first-order chi connectivity index (χ1) is 15.0. The van der Waals surface area contributed by atoms with E-state index in [1.165, 1.54) is 42.7 Å². The van der Waals surface area contributed by atoms with Crippen molar-refractivity contribution in [3.05, 3.63) is 81.1 Å². The number of rotatable bonds is 5. The van der Waals surface area contributed by atoms with Crippen LogP contribution < -0.4 is 4.74 Å². The van der Waals surface area contributed by atoms with Gasteiger partial charge in [-0.05, 0) is 42.3 Å². The molecule has 0 aliphatic carbocycles. The zero-order valence-electron chi connectivity index (χ0n) is 17.1. The molecular formula is C23H21FN2O4S. The van der Waals surface area contributed by atoms with E-state index in [1.54, 1.807) is 11.8 Å². The van der Waals surface area contributed by atoms with Gasteiger partial charge < -0.3 is 14.4 Å². The van der Waals surface area contributed by atoms with Crippen molar-refractivity contribution < 1.29 is 23.5 Å². The topological polar surface area (TPSA) is 68.7 Å². The second-order valence-electron chi connectivity index (χ2n) is 7.21. The normalized spacial score (nSPS) is 15.3. The van der Waals surface area contributed by atoms with Gasteiger partial charge in [0, 0.05) is 13.0 Å². The molecule has 0 saturated heterocycles. The number of hydrogen-bond acceptors (Lipinski definition) is 6. The minimum absolute atomic E-state index is 0.160. The van der Waals surface area contributed by atoms with Crippen molar-refractivity contribution in [2.45, 2.75) is 32.5 Å². The molecule has 1 amide bonds. The number of ether oxygens (including phenoxy) is 2. The van der Waals surface area contributed by atoms with Crippen LogP contribution in [0.1, 0.15) is 31.5 Å². The third-order valence-electron chi connectivity index (χ3n) is 5.19. The van der Waals surface area contributed by atoms with E-state index in [1.807, 2.05) is 24.3 Å². The molecule has 160 valence electrons. The Hall–Kier alpha value is -3.26. The average Bonchev–Trinajstić information content (AvgIpc) is 3.17. The van der Waals surface area contributed by atoms with Gasteiger partial charge >= 0.3 is 5.97 Å². The highest BCUT2D eigenvalue weighted by molar-refractivity contribution is 7.13. The van der Waals surface area contributed by atoms with Crippen LogP contribution >= 0.6 is 11.3 Å². The summed E-state index contributed by atoms with van der Waals surface area (Å²) in [5, 5.41) is 0.622. The Labute approximate surface area is 183 Å². The van der Waals surface area contributed by atoms with Crippen LogP contribution in [0.4, 0.5) is 4.39 Å². The molecule has 3 aromatic rings. The van der Waals surface area contributed by atoms with Gasteiger partial charge in [0.25, 0.3) is 5.91 Å². The number of carbonyl (C=O) groups excluding carboxylic acids is 2. The highest BCUT2D eigenvalue weighted by atomic mass is 32.1. The van der Waals surface area contributed by atoms with Crippen molar-refractivity contribution in [2.24, 2.45) is 0 Å². The van der Waals surface area contributed by atoms with Gasteiger partial charge in [-0.2, -0.15) is 0 Å². The van der Waals surface area contributed by atoms with Crippen molar-refractivity contribution in [2.75, 3.05) is 7.11 Å². The summed E-state index contributed by atoms with van der Waals surface area (Å²) < 4.78 is 23.6. The van der Waals surface area contributed by atoms with Gasteiger partial charge in [0.2, 0.25) is 0 Å². The molecule has 8 heteroatoms. The fraction of sp³-hybridized carbons (Fsp3) is 0.261. The lowest BCUT2D eigenvalue weighted by molar-refractivity contribution is -0.146. The summed E-state index contributed by atoms with van der Waals surface area (Å²) in [6.45, 7) is 2.25. The van der Waals surface area contributed by atoms with Crippen molar-refractivity contribution in [1.82, 2.24) is 9.88 Å². The zero-order chi connectivity index (χ0) is 22.0. The predicted molar refractivity (Wildman–Crippen MR) is 113 cm³/mol. The van der Waals surface area contributed by atoms with Crippen LogP contribution in [0, 0.1) is 12.7 Å². The lowest BCUT2D eigenvalue weighted by Gasteiger charge is -2.35.